The van der Waals surface area contributed by atoms with Crippen LogP contribution in [0.4, 0.5) is 0 Å². The van der Waals surface area contributed by atoms with Crippen LogP contribution in [0.2, 0.25) is 0 Å². The quantitative estimate of drug-likeness (QED) is 0.0715. The van der Waals surface area contributed by atoms with E-state index in [1.54, 1.807) is 13.8 Å². The van der Waals surface area contributed by atoms with Crippen molar-refractivity contribution in [3.63, 3.8) is 0 Å². The Morgan fingerprint density at radius 2 is 0.960 bits per heavy atom. The van der Waals surface area contributed by atoms with Gasteiger partial charge in [-0.05, 0) is 49.0 Å². The Bertz CT molecular complexity index is 1310. The van der Waals surface area contributed by atoms with E-state index in [1.165, 1.54) is 0 Å². The number of nitrogens with one attached hydrogen (secondary N) is 5. The molecule has 0 saturated carbocycles. The van der Waals surface area contributed by atoms with Crippen LogP contribution >= 0.6 is 0 Å². The summed E-state index contributed by atoms with van der Waals surface area (Å²) in [6.45, 7) is 10.1. The van der Waals surface area contributed by atoms with Crippen LogP contribution in [-0.4, -0.2) is 94.5 Å². The summed E-state index contributed by atoms with van der Waals surface area (Å²) >= 11 is 0. The summed E-state index contributed by atoms with van der Waals surface area (Å²) in [5.41, 5.74) is 12.3. The molecule has 1 aromatic rings. The molecule has 6 atom stereocenters. The van der Waals surface area contributed by atoms with Gasteiger partial charge in [-0.1, -0.05) is 71.9 Å². The standard InChI is InChI=1S/C34H55N7O9/c1-18(2)12-23(37-29(44)22(35)15-21-10-8-7-9-11-21)30(45)38-24(13-19(3)4)31(46)39-25(14-20(5)6)32(47)40-26(16-28(36)43)33(48)41-27(17-42)34(49)50/h7-11,18-20,22-27,42H,12-17,35H2,1-6H3,(H2,36,43)(H,37,44)(H,38,45)(H,39,46)(H,40,47)(H,41,48)(H,49,50)/t22-,23-,24-,25-,26-,27-/m0/s1. The number of amides is 6. The fourth-order valence-corrected chi connectivity index (χ4v) is 5.03. The first-order valence-corrected chi connectivity index (χ1v) is 16.8. The van der Waals surface area contributed by atoms with Gasteiger partial charge in [-0.25, -0.2) is 4.79 Å². The van der Waals surface area contributed by atoms with Crippen molar-refractivity contribution >= 4 is 41.4 Å². The summed E-state index contributed by atoms with van der Waals surface area (Å²) in [4.78, 5) is 89.5. The lowest BCUT2D eigenvalue weighted by atomic mass is 9.98. The molecule has 0 spiro atoms. The minimum atomic E-state index is -1.70. The summed E-state index contributed by atoms with van der Waals surface area (Å²) in [5.74, 6) is -6.56. The first-order chi connectivity index (χ1) is 23.3. The second-order valence-corrected chi connectivity index (χ2v) is 13.7. The molecule has 0 fully saturated rings. The molecule has 280 valence electrons. The van der Waals surface area contributed by atoms with Crippen molar-refractivity contribution in [1.29, 1.82) is 0 Å². The van der Waals surface area contributed by atoms with Crippen LogP contribution in [0.15, 0.2) is 30.3 Å². The van der Waals surface area contributed by atoms with E-state index < -0.39 is 90.7 Å². The lowest BCUT2D eigenvalue weighted by Crippen LogP contribution is -2.60. The highest BCUT2D eigenvalue weighted by Crippen LogP contribution is 2.12. The number of carboxylic acid groups (broad SMARTS) is 1. The molecule has 0 aliphatic carbocycles. The van der Waals surface area contributed by atoms with E-state index >= 15 is 0 Å². The van der Waals surface area contributed by atoms with Crippen molar-refractivity contribution in [3.05, 3.63) is 35.9 Å². The number of carbonyl (C=O) groups is 7. The average molecular weight is 706 g/mol. The third kappa shape index (κ3) is 16.2. The number of carbonyl (C=O) groups excluding carboxylic acids is 6. The van der Waals surface area contributed by atoms with Crippen molar-refractivity contribution < 1.29 is 43.8 Å². The van der Waals surface area contributed by atoms with Gasteiger partial charge in [0.05, 0.1) is 19.1 Å². The third-order valence-corrected chi connectivity index (χ3v) is 7.49. The van der Waals surface area contributed by atoms with Crippen molar-refractivity contribution in [2.45, 2.75) is 110 Å². The van der Waals surface area contributed by atoms with Crippen molar-refractivity contribution in [2.75, 3.05) is 6.61 Å². The maximum Gasteiger partial charge on any atom is 0.328 e. The van der Waals surface area contributed by atoms with E-state index in [0.717, 1.165) is 5.56 Å². The number of hydrogen-bond donors (Lipinski definition) is 9. The Morgan fingerprint density at radius 1 is 0.600 bits per heavy atom. The molecule has 1 rings (SSSR count). The second kappa shape index (κ2) is 21.5. The molecule has 16 nitrogen and oxygen atoms in total. The first-order valence-electron chi connectivity index (χ1n) is 16.8. The minimum Gasteiger partial charge on any atom is -0.480 e. The molecule has 0 aliphatic heterocycles. The lowest BCUT2D eigenvalue weighted by molar-refractivity contribution is -0.143. The van der Waals surface area contributed by atoms with E-state index in [4.69, 9.17) is 11.5 Å². The molecule has 11 N–H and O–H groups in total. The topological polar surface area (TPSA) is 272 Å². The molecule has 6 amide bonds. The van der Waals surface area contributed by atoms with Crippen molar-refractivity contribution in [2.24, 2.45) is 29.2 Å². The van der Waals surface area contributed by atoms with Crippen LogP contribution in [-0.2, 0) is 40.0 Å². The van der Waals surface area contributed by atoms with Gasteiger partial charge in [-0.15, -0.1) is 0 Å². The van der Waals surface area contributed by atoms with Gasteiger partial charge in [0.1, 0.15) is 30.2 Å². The fourth-order valence-electron chi connectivity index (χ4n) is 5.03. The zero-order chi connectivity index (χ0) is 38.1. The fraction of sp³-hybridized carbons (Fsp3) is 0.618. The van der Waals surface area contributed by atoms with E-state index in [2.05, 4.69) is 21.3 Å². The summed E-state index contributed by atoms with van der Waals surface area (Å²) in [5, 5.41) is 30.9. The number of primary amides is 1. The Hall–Kier alpha value is -4.57. The first kappa shape index (κ1) is 43.5. The monoisotopic (exact) mass is 705 g/mol. The van der Waals surface area contributed by atoms with Gasteiger partial charge in [-0.3, -0.25) is 28.8 Å². The number of benzene rings is 1. The number of carboxylic acids is 1. The number of hydrogen-bond acceptors (Lipinski definition) is 9. The van der Waals surface area contributed by atoms with Crippen LogP contribution in [0.5, 0.6) is 0 Å². The maximum atomic E-state index is 13.7. The molecule has 0 heterocycles. The van der Waals surface area contributed by atoms with Gasteiger partial charge in [0.25, 0.3) is 0 Å². The molecule has 0 bridgehead atoms. The zero-order valence-corrected chi connectivity index (χ0v) is 29.7. The largest absolute Gasteiger partial charge is 0.480 e. The highest BCUT2D eigenvalue weighted by Gasteiger charge is 2.34. The molecule has 0 unspecified atom stereocenters. The Labute approximate surface area is 293 Å². The van der Waals surface area contributed by atoms with Crippen LogP contribution < -0.4 is 38.1 Å². The van der Waals surface area contributed by atoms with Crippen molar-refractivity contribution in [3.8, 4) is 0 Å². The predicted molar refractivity (Wildman–Crippen MR) is 185 cm³/mol. The Balaban J connectivity index is 3.19. The minimum absolute atomic E-state index is 0.0124. The molecule has 0 saturated heterocycles. The summed E-state index contributed by atoms with van der Waals surface area (Å²) in [6, 6.07) is 1.56. The smallest absolute Gasteiger partial charge is 0.328 e. The van der Waals surface area contributed by atoms with Crippen molar-refractivity contribution in [1.82, 2.24) is 26.6 Å². The molecular formula is C34H55N7O9. The van der Waals surface area contributed by atoms with Gasteiger partial charge in [0, 0.05) is 0 Å². The van der Waals surface area contributed by atoms with Gasteiger partial charge in [0.15, 0.2) is 0 Å². The van der Waals surface area contributed by atoms with Gasteiger partial charge >= 0.3 is 5.97 Å². The summed E-state index contributed by atoms with van der Waals surface area (Å²) in [7, 11) is 0. The maximum absolute atomic E-state index is 13.7. The SMILES string of the molecule is CC(C)C[C@H](NC(=O)[C@H](CC(C)C)NC(=O)[C@H](CC(C)C)NC(=O)[C@@H](N)Cc1ccccc1)C(=O)N[C@@H](CC(N)=O)C(=O)N[C@@H](CO)C(=O)O. The van der Waals surface area contributed by atoms with E-state index in [-0.39, 0.29) is 43.4 Å². The highest BCUT2D eigenvalue weighted by molar-refractivity contribution is 5.97. The van der Waals surface area contributed by atoms with E-state index in [9.17, 15) is 43.8 Å². The Kier molecular flexibility index (Phi) is 18.7. The van der Waals surface area contributed by atoms with E-state index in [0.29, 0.717) is 0 Å². The van der Waals surface area contributed by atoms with Gasteiger partial charge in [-0.2, -0.15) is 0 Å². The summed E-state index contributed by atoms with van der Waals surface area (Å²) < 4.78 is 0. The van der Waals surface area contributed by atoms with E-state index in [1.807, 2.05) is 63.3 Å². The molecule has 0 aliphatic rings. The predicted octanol–water partition coefficient (Wildman–Crippen LogP) is -0.929. The van der Waals surface area contributed by atoms with Crippen LogP contribution in [0.1, 0.15) is 72.8 Å². The number of aliphatic carboxylic acids is 1. The lowest BCUT2D eigenvalue weighted by Gasteiger charge is -2.28. The number of aliphatic hydroxyl groups is 1. The molecule has 50 heavy (non-hydrogen) atoms. The molecule has 1 aromatic carbocycles. The summed E-state index contributed by atoms with van der Waals surface area (Å²) in [6.07, 6.45) is 0.0798. The highest BCUT2D eigenvalue weighted by atomic mass is 16.4. The number of nitrogens with two attached hydrogens (primary N) is 2. The second-order valence-electron chi connectivity index (χ2n) is 13.7. The number of rotatable bonds is 22. The third-order valence-electron chi connectivity index (χ3n) is 7.49. The van der Waals surface area contributed by atoms with Gasteiger partial charge in [0.2, 0.25) is 35.4 Å². The van der Waals surface area contributed by atoms with Crippen LogP contribution in [0.25, 0.3) is 0 Å². The molecule has 0 aromatic heterocycles. The average Bonchev–Trinajstić information content (AvgIpc) is 3.01. The normalized spacial score (nSPS) is 14.9. The van der Waals surface area contributed by atoms with Gasteiger partial charge < -0.3 is 48.3 Å². The number of aliphatic hydroxyl groups excluding tert-OH is 1. The molecule has 16 heteroatoms. The molecule has 0 radical (unpaired) electrons. The van der Waals surface area contributed by atoms with Crippen LogP contribution in [0, 0.1) is 17.8 Å². The van der Waals surface area contributed by atoms with Crippen LogP contribution in [0.3, 0.4) is 0 Å². The zero-order valence-electron chi connectivity index (χ0n) is 29.7. The Morgan fingerprint density at radius 3 is 1.32 bits per heavy atom. The molecular weight excluding hydrogens is 650 g/mol.